The first kappa shape index (κ1) is 15.8. The summed E-state index contributed by atoms with van der Waals surface area (Å²) < 4.78 is 5.64. The van der Waals surface area contributed by atoms with Crippen molar-refractivity contribution in [3.63, 3.8) is 0 Å². The highest BCUT2D eigenvalue weighted by atomic mass is 35.5. The SMILES string of the molecule is Cc1c(OCCCl)ccc2cc(-c3c[nH]c4ccccc34)c(=O)[nH]c12. The van der Waals surface area contributed by atoms with E-state index in [1.165, 1.54) is 0 Å². The number of para-hydroxylation sites is 1. The van der Waals surface area contributed by atoms with Crippen molar-refractivity contribution in [3.8, 4) is 16.9 Å². The molecule has 4 rings (SSSR count). The van der Waals surface area contributed by atoms with Crippen molar-refractivity contribution in [1.82, 2.24) is 9.97 Å². The van der Waals surface area contributed by atoms with Gasteiger partial charge in [-0.1, -0.05) is 18.2 Å². The smallest absolute Gasteiger partial charge is 0.256 e. The maximum atomic E-state index is 12.7. The van der Waals surface area contributed by atoms with Crippen LogP contribution < -0.4 is 10.3 Å². The standard InChI is InChI=1S/C20H17ClN2O2/c1-12-18(25-9-8-21)7-6-13-10-15(20(24)23-19(12)13)16-11-22-17-5-3-2-4-14(16)17/h2-7,10-11,22H,8-9H2,1H3,(H,23,24). The first-order valence-corrected chi connectivity index (χ1v) is 8.64. The number of pyridine rings is 1. The van der Waals surface area contributed by atoms with Crippen LogP contribution in [0.15, 0.2) is 53.5 Å². The lowest BCUT2D eigenvalue weighted by Gasteiger charge is -2.11. The first-order valence-electron chi connectivity index (χ1n) is 8.11. The summed E-state index contributed by atoms with van der Waals surface area (Å²) in [5.74, 6) is 1.16. The van der Waals surface area contributed by atoms with Crippen LogP contribution in [0.1, 0.15) is 5.56 Å². The number of alkyl halides is 1. The van der Waals surface area contributed by atoms with Crippen LogP contribution in [0.25, 0.3) is 32.9 Å². The van der Waals surface area contributed by atoms with Crippen LogP contribution in [0.2, 0.25) is 0 Å². The van der Waals surface area contributed by atoms with Crippen molar-refractivity contribution >= 4 is 33.4 Å². The summed E-state index contributed by atoms with van der Waals surface area (Å²) in [6.45, 7) is 2.37. The molecule has 0 unspecified atom stereocenters. The van der Waals surface area contributed by atoms with Gasteiger partial charge < -0.3 is 14.7 Å². The van der Waals surface area contributed by atoms with Gasteiger partial charge in [-0.05, 0) is 36.6 Å². The molecule has 4 nitrogen and oxygen atoms in total. The van der Waals surface area contributed by atoms with Gasteiger partial charge in [0.25, 0.3) is 5.56 Å². The Bertz CT molecular complexity index is 1130. The summed E-state index contributed by atoms with van der Waals surface area (Å²) in [6.07, 6.45) is 1.88. The van der Waals surface area contributed by atoms with Crippen LogP contribution in [-0.4, -0.2) is 22.5 Å². The number of nitrogens with one attached hydrogen (secondary N) is 2. The van der Waals surface area contributed by atoms with Crippen molar-refractivity contribution in [2.45, 2.75) is 6.92 Å². The number of hydrogen-bond acceptors (Lipinski definition) is 2. The molecule has 0 saturated heterocycles. The summed E-state index contributed by atoms with van der Waals surface area (Å²) >= 11 is 5.69. The second-order valence-electron chi connectivity index (χ2n) is 5.95. The molecule has 0 bridgehead atoms. The van der Waals surface area contributed by atoms with Crippen molar-refractivity contribution < 1.29 is 4.74 Å². The third-order valence-electron chi connectivity index (χ3n) is 4.44. The Morgan fingerprint density at radius 3 is 2.80 bits per heavy atom. The molecule has 0 aliphatic heterocycles. The maximum absolute atomic E-state index is 12.7. The molecule has 25 heavy (non-hydrogen) atoms. The minimum atomic E-state index is -0.116. The number of aryl methyl sites for hydroxylation is 1. The fourth-order valence-electron chi connectivity index (χ4n) is 3.20. The Hall–Kier alpha value is -2.72. The van der Waals surface area contributed by atoms with Crippen LogP contribution in [-0.2, 0) is 0 Å². The van der Waals surface area contributed by atoms with E-state index in [-0.39, 0.29) is 5.56 Å². The topological polar surface area (TPSA) is 57.9 Å². The van der Waals surface area contributed by atoms with Gasteiger partial charge in [0, 0.05) is 33.8 Å². The van der Waals surface area contributed by atoms with Crippen LogP contribution in [0.5, 0.6) is 5.75 Å². The van der Waals surface area contributed by atoms with Crippen LogP contribution in [0.3, 0.4) is 0 Å². The predicted molar refractivity (Wildman–Crippen MR) is 103 cm³/mol. The van der Waals surface area contributed by atoms with Crippen LogP contribution in [0, 0.1) is 6.92 Å². The highest BCUT2D eigenvalue weighted by Crippen LogP contribution is 2.30. The molecule has 126 valence electrons. The minimum Gasteiger partial charge on any atom is -0.492 e. The Kier molecular flexibility index (Phi) is 3.98. The molecule has 0 radical (unpaired) electrons. The molecule has 0 aliphatic carbocycles. The normalized spacial score (nSPS) is 11.3. The molecule has 2 heterocycles. The number of benzene rings is 2. The molecule has 0 saturated carbocycles. The zero-order chi connectivity index (χ0) is 17.4. The zero-order valence-corrected chi connectivity index (χ0v) is 14.5. The zero-order valence-electron chi connectivity index (χ0n) is 13.7. The molecule has 0 aliphatic rings. The summed E-state index contributed by atoms with van der Waals surface area (Å²) in [6, 6.07) is 13.8. The van der Waals surface area contributed by atoms with E-state index in [1.807, 2.05) is 55.6 Å². The van der Waals surface area contributed by atoms with Crippen molar-refractivity contribution in [3.05, 3.63) is 64.6 Å². The van der Waals surface area contributed by atoms with Crippen LogP contribution >= 0.6 is 11.6 Å². The Morgan fingerprint density at radius 1 is 1.12 bits per heavy atom. The Labute approximate surface area is 149 Å². The fourth-order valence-corrected chi connectivity index (χ4v) is 3.28. The fraction of sp³-hybridized carbons (Fsp3) is 0.150. The lowest BCUT2D eigenvalue weighted by Crippen LogP contribution is -2.10. The summed E-state index contributed by atoms with van der Waals surface area (Å²) in [7, 11) is 0. The third kappa shape index (κ3) is 2.68. The predicted octanol–water partition coefficient (Wildman–Crippen LogP) is 4.60. The van der Waals surface area contributed by atoms with Gasteiger partial charge in [0.2, 0.25) is 0 Å². The number of rotatable bonds is 4. The van der Waals surface area contributed by atoms with Gasteiger partial charge in [-0.2, -0.15) is 0 Å². The van der Waals surface area contributed by atoms with E-state index in [0.717, 1.165) is 38.7 Å². The number of aromatic amines is 2. The van der Waals surface area contributed by atoms with Gasteiger partial charge in [0.05, 0.1) is 11.4 Å². The van der Waals surface area contributed by atoms with E-state index in [1.54, 1.807) is 0 Å². The molecule has 5 heteroatoms. The highest BCUT2D eigenvalue weighted by Gasteiger charge is 2.13. The average molecular weight is 353 g/mol. The Morgan fingerprint density at radius 2 is 1.96 bits per heavy atom. The average Bonchev–Trinajstić information content (AvgIpc) is 3.05. The quantitative estimate of drug-likeness (QED) is 0.527. The van der Waals surface area contributed by atoms with E-state index in [9.17, 15) is 4.79 Å². The third-order valence-corrected chi connectivity index (χ3v) is 4.60. The number of aromatic nitrogens is 2. The maximum Gasteiger partial charge on any atom is 0.256 e. The van der Waals surface area contributed by atoms with Gasteiger partial charge >= 0.3 is 0 Å². The molecule has 0 spiro atoms. The highest BCUT2D eigenvalue weighted by molar-refractivity contribution is 6.18. The molecule has 2 N–H and O–H groups in total. The lowest BCUT2D eigenvalue weighted by molar-refractivity contribution is 0.341. The van der Waals surface area contributed by atoms with Gasteiger partial charge in [-0.15, -0.1) is 11.6 Å². The van der Waals surface area contributed by atoms with E-state index in [2.05, 4.69) is 9.97 Å². The summed E-state index contributed by atoms with van der Waals surface area (Å²) in [5.41, 5.74) is 4.15. The second kappa shape index (κ2) is 6.30. The van der Waals surface area contributed by atoms with E-state index in [0.29, 0.717) is 18.1 Å². The monoisotopic (exact) mass is 352 g/mol. The molecule has 0 amide bonds. The van der Waals surface area contributed by atoms with Gasteiger partial charge in [-0.3, -0.25) is 4.79 Å². The number of ether oxygens (including phenoxy) is 1. The number of halogens is 1. The van der Waals surface area contributed by atoms with E-state index in [4.69, 9.17) is 16.3 Å². The van der Waals surface area contributed by atoms with Crippen molar-refractivity contribution in [2.24, 2.45) is 0 Å². The Balaban J connectivity index is 1.89. The van der Waals surface area contributed by atoms with Crippen molar-refractivity contribution in [1.29, 1.82) is 0 Å². The largest absolute Gasteiger partial charge is 0.492 e. The molecule has 2 aromatic heterocycles. The lowest BCUT2D eigenvalue weighted by atomic mass is 10.0. The molecule has 0 atom stereocenters. The van der Waals surface area contributed by atoms with Gasteiger partial charge in [-0.25, -0.2) is 0 Å². The van der Waals surface area contributed by atoms with Gasteiger partial charge in [0.1, 0.15) is 12.4 Å². The molecule has 4 aromatic rings. The summed E-state index contributed by atoms with van der Waals surface area (Å²) in [4.78, 5) is 19.0. The number of H-pyrrole nitrogens is 2. The minimum absolute atomic E-state index is 0.116. The van der Waals surface area contributed by atoms with E-state index >= 15 is 0 Å². The van der Waals surface area contributed by atoms with E-state index < -0.39 is 0 Å². The first-order chi connectivity index (χ1) is 12.2. The molecule has 0 fully saturated rings. The number of fused-ring (bicyclic) bond motifs is 2. The number of hydrogen-bond donors (Lipinski definition) is 2. The molecular formula is C20H17ClN2O2. The van der Waals surface area contributed by atoms with Crippen molar-refractivity contribution in [2.75, 3.05) is 12.5 Å². The summed E-state index contributed by atoms with van der Waals surface area (Å²) in [5, 5.41) is 2.00. The van der Waals surface area contributed by atoms with Crippen LogP contribution in [0.4, 0.5) is 0 Å². The van der Waals surface area contributed by atoms with Gasteiger partial charge in [0.15, 0.2) is 0 Å². The second-order valence-corrected chi connectivity index (χ2v) is 6.33. The molecular weight excluding hydrogens is 336 g/mol. The molecule has 2 aromatic carbocycles.